The second-order valence-corrected chi connectivity index (χ2v) is 5.92. The molecule has 3 nitrogen and oxygen atoms in total. The molecule has 0 saturated carbocycles. The zero-order valence-corrected chi connectivity index (χ0v) is 13.1. The van der Waals surface area contributed by atoms with Crippen LogP contribution in [0.4, 0.5) is 4.39 Å². The number of Topliss-reactive ketones (excluding diaryl/α,β-unsaturated/α-hetero) is 1. The van der Waals surface area contributed by atoms with Crippen LogP contribution in [0, 0.1) is 17.1 Å². The molecule has 0 N–H and O–H groups in total. The molecule has 1 aliphatic carbocycles. The molecule has 2 aromatic carbocycles. The number of hydrogen-bond donors (Lipinski definition) is 0. The van der Waals surface area contributed by atoms with E-state index in [0.717, 1.165) is 28.9 Å². The fraction of sp³-hybridized carbons (Fsp3) is 0.176. The van der Waals surface area contributed by atoms with E-state index in [1.54, 1.807) is 12.1 Å². The van der Waals surface area contributed by atoms with Crippen molar-refractivity contribution in [2.75, 3.05) is 0 Å². The Bertz CT molecular complexity index is 811. The Balaban J connectivity index is 2.04. The zero-order chi connectivity index (χ0) is 15.7. The van der Waals surface area contributed by atoms with Gasteiger partial charge in [-0.25, -0.2) is 4.39 Å². The summed E-state index contributed by atoms with van der Waals surface area (Å²) in [7, 11) is 0. The third-order valence-corrected chi connectivity index (χ3v) is 4.22. The fourth-order valence-corrected chi connectivity index (χ4v) is 3.20. The molecule has 0 saturated heterocycles. The van der Waals surface area contributed by atoms with Crippen LogP contribution in [0.3, 0.4) is 0 Å². The summed E-state index contributed by atoms with van der Waals surface area (Å²) in [6, 6.07) is 9.23. The summed E-state index contributed by atoms with van der Waals surface area (Å²) in [6.45, 7) is 0. The van der Waals surface area contributed by atoms with Crippen molar-refractivity contribution in [3.8, 4) is 17.6 Å². The van der Waals surface area contributed by atoms with E-state index in [9.17, 15) is 9.18 Å². The smallest absolute Gasteiger partial charge is 0.164 e. The lowest BCUT2D eigenvalue weighted by atomic mass is 9.90. The van der Waals surface area contributed by atoms with E-state index < -0.39 is 5.82 Å². The molecule has 110 valence electrons. The van der Waals surface area contributed by atoms with Gasteiger partial charge in [-0.3, -0.25) is 4.79 Å². The van der Waals surface area contributed by atoms with Gasteiger partial charge in [0.1, 0.15) is 17.3 Å². The SMILES string of the molecule is N#Cc1cc(F)cc(Oc2ccc(Br)c3c2CCCC3=O)c1. The Kier molecular flexibility index (Phi) is 3.95. The second kappa shape index (κ2) is 5.90. The number of ketones is 1. The number of nitriles is 1. The summed E-state index contributed by atoms with van der Waals surface area (Å²) in [5.74, 6) is 0.325. The topological polar surface area (TPSA) is 50.1 Å². The van der Waals surface area contributed by atoms with Gasteiger partial charge in [-0.1, -0.05) is 15.9 Å². The van der Waals surface area contributed by atoms with Gasteiger partial charge in [0.05, 0.1) is 11.6 Å². The standard InChI is InChI=1S/C17H11BrFNO2/c18-14-4-5-16(13-2-1-3-15(21)17(13)14)22-12-7-10(9-20)6-11(19)8-12/h4-8H,1-3H2. The second-order valence-electron chi connectivity index (χ2n) is 5.07. The summed E-state index contributed by atoms with van der Waals surface area (Å²) in [6.07, 6.45) is 2.02. The molecule has 22 heavy (non-hydrogen) atoms. The molecule has 2 aromatic rings. The Labute approximate surface area is 135 Å². The van der Waals surface area contributed by atoms with E-state index >= 15 is 0 Å². The monoisotopic (exact) mass is 359 g/mol. The molecule has 0 spiro atoms. The minimum Gasteiger partial charge on any atom is -0.457 e. The Morgan fingerprint density at radius 1 is 1.23 bits per heavy atom. The van der Waals surface area contributed by atoms with Crippen LogP contribution >= 0.6 is 15.9 Å². The van der Waals surface area contributed by atoms with E-state index in [1.807, 2.05) is 6.07 Å². The number of nitrogens with zero attached hydrogens (tertiary/aromatic N) is 1. The molecule has 3 rings (SSSR count). The maximum Gasteiger partial charge on any atom is 0.164 e. The van der Waals surface area contributed by atoms with Gasteiger partial charge in [-0.2, -0.15) is 5.26 Å². The fourth-order valence-electron chi connectivity index (χ4n) is 2.61. The molecule has 0 heterocycles. The Morgan fingerprint density at radius 3 is 2.82 bits per heavy atom. The molecule has 0 fully saturated rings. The molecule has 1 aliphatic rings. The molecule has 0 radical (unpaired) electrons. The highest BCUT2D eigenvalue weighted by Crippen LogP contribution is 2.37. The van der Waals surface area contributed by atoms with Gasteiger partial charge >= 0.3 is 0 Å². The average Bonchev–Trinajstić information content (AvgIpc) is 2.49. The van der Waals surface area contributed by atoms with Crippen LogP contribution in [0.15, 0.2) is 34.8 Å². The molecule has 5 heteroatoms. The van der Waals surface area contributed by atoms with Gasteiger partial charge in [-0.15, -0.1) is 0 Å². The maximum absolute atomic E-state index is 13.5. The van der Waals surface area contributed by atoms with Crippen molar-refractivity contribution in [2.45, 2.75) is 19.3 Å². The molecule has 0 aliphatic heterocycles. The summed E-state index contributed by atoms with van der Waals surface area (Å²) < 4.78 is 20.0. The first-order valence-electron chi connectivity index (χ1n) is 6.81. The van der Waals surface area contributed by atoms with E-state index in [2.05, 4.69) is 15.9 Å². The number of carbonyl (C=O) groups excluding carboxylic acids is 1. The molecular formula is C17H11BrFNO2. The van der Waals surface area contributed by atoms with E-state index in [4.69, 9.17) is 10.00 Å². The number of rotatable bonds is 2. The third kappa shape index (κ3) is 2.75. The van der Waals surface area contributed by atoms with Crippen molar-refractivity contribution < 1.29 is 13.9 Å². The third-order valence-electron chi connectivity index (χ3n) is 3.56. The van der Waals surface area contributed by atoms with Crippen LogP contribution in [0.25, 0.3) is 0 Å². The van der Waals surface area contributed by atoms with Gasteiger partial charge in [0.15, 0.2) is 5.78 Å². The van der Waals surface area contributed by atoms with Crippen LogP contribution in [-0.2, 0) is 6.42 Å². The minimum absolute atomic E-state index is 0.0792. The average molecular weight is 360 g/mol. The number of benzene rings is 2. The van der Waals surface area contributed by atoms with Gasteiger partial charge in [-0.05, 0) is 37.1 Å². The highest BCUT2D eigenvalue weighted by molar-refractivity contribution is 9.10. The van der Waals surface area contributed by atoms with Crippen LogP contribution in [0.5, 0.6) is 11.5 Å². The van der Waals surface area contributed by atoms with Gasteiger partial charge in [0, 0.05) is 28.1 Å². The van der Waals surface area contributed by atoms with Crippen molar-refractivity contribution in [3.05, 3.63) is 57.3 Å². The highest BCUT2D eigenvalue weighted by Gasteiger charge is 2.23. The highest BCUT2D eigenvalue weighted by atomic mass is 79.9. The van der Waals surface area contributed by atoms with Crippen LogP contribution < -0.4 is 4.74 Å². The lowest BCUT2D eigenvalue weighted by Gasteiger charge is -2.20. The largest absolute Gasteiger partial charge is 0.457 e. The van der Waals surface area contributed by atoms with E-state index in [1.165, 1.54) is 12.1 Å². The van der Waals surface area contributed by atoms with Gasteiger partial charge < -0.3 is 4.74 Å². The summed E-state index contributed by atoms with van der Waals surface area (Å²) in [5, 5.41) is 8.89. The molecule has 0 atom stereocenters. The van der Waals surface area contributed by atoms with Crippen LogP contribution in [0.1, 0.15) is 34.3 Å². The van der Waals surface area contributed by atoms with Crippen molar-refractivity contribution in [2.24, 2.45) is 0 Å². The van der Waals surface area contributed by atoms with Gasteiger partial charge in [0.2, 0.25) is 0 Å². The summed E-state index contributed by atoms with van der Waals surface area (Å²) >= 11 is 3.40. The zero-order valence-electron chi connectivity index (χ0n) is 11.5. The van der Waals surface area contributed by atoms with Gasteiger partial charge in [0.25, 0.3) is 0 Å². The Hall–Kier alpha value is -2.19. The lowest BCUT2D eigenvalue weighted by molar-refractivity contribution is 0.0971. The predicted octanol–water partition coefficient (Wildman–Crippen LogP) is 4.77. The number of halogens is 2. The van der Waals surface area contributed by atoms with Crippen molar-refractivity contribution in [1.29, 1.82) is 5.26 Å². The molecule has 0 bridgehead atoms. The molecule has 0 aromatic heterocycles. The van der Waals surface area contributed by atoms with E-state index in [0.29, 0.717) is 17.7 Å². The van der Waals surface area contributed by atoms with Crippen LogP contribution in [0.2, 0.25) is 0 Å². The number of hydrogen-bond acceptors (Lipinski definition) is 3. The number of ether oxygens (including phenoxy) is 1. The van der Waals surface area contributed by atoms with Crippen molar-refractivity contribution in [1.82, 2.24) is 0 Å². The quantitative estimate of drug-likeness (QED) is 0.775. The number of carbonyl (C=O) groups is 1. The van der Waals surface area contributed by atoms with Crippen molar-refractivity contribution in [3.63, 3.8) is 0 Å². The predicted molar refractivity (Wildman–Crippen MR) is 82.6 cm³/mol. The molecular weight excluding hydrogens is 349 g/mol. The van der Waals surface area contributed by atoms with Crippen LogP contribution in [-0.4, -0.2) is 5.78 Å². The lowest BCUT2D eigenvalue weighted by Crippen LogP contribution is -2.12. The molecule has 0 amide bonds. The number of fused-ring (bicyclic) bond motifs is 1. The Morgan fingerprint density at radius 2 is 2.05 bits per heavy atom. The minimum atomic E-state index is -0.531. The first-order valence-corrected chi connectivity index (χ1v) is 7.61. The van der Waals surface area contributed by atoms with Crippen molar-refractivity contribution >= 4 is 21.7 Å². The summed E-state index contributed by atoms with van der Waals surface area (Å²) in [4.78, 5) is 12.1. The normalized spacial score (nSPS) is 13.4. The maximum atomic E-state index is 13.5. The molecule has 0 unspecified atom stereocenters. The summed E-state index contributed by atoms with van der Waals surface area (Å²) in [5.41, 5.74) is 1.66. The van der Waals surface area contributed by atoms with E-state index in [-0.39, 0.29) is 17.1 Å². The first kappa shape index (κ1) is 14.7. The first-order chi connectivity index (χ1) is 10.6.